The second kappa shape index (κ2) is 4.64. The van der Waals surface area contributed by atoms with Crippen LogP contribution in [-0.4, -0.2) is 5.60 Å². The Labute approximate surface area is 97.4 Å². The average molecular weight is 250 g/mol. The third-order valence-corrected chi connectivity index (χ3v) is 2.01. The van der Waals surface area contributed by atoms with Crippen LogP contribution in [0.4, 0.5) is 17.6 Å². The fourth-order valence-electron chi connectivity index (χ4n) is 1.18. The first kappa shape index (κ1) is 14.0. The minimum absolute atomic E-state index is 0.0207. The largest absolute Gasteiger partial charge is 0.419 e. The van der Waals surface area contributed by atoms with E-state index in [1.807, 2.05) is 0 Å². The number of rotatable bonds is 2. The smallest absolute Gasteiger partial charge is 0.371 e. The summed E-state index contributed by atoms with van der Waals surface area (Å²) in [4.78, 5) is 0. The predicted octanol–water partition coefficient (Wildman–Crippen LogP) is 4.16. The fraction of sp³-hybridized carbons (Fsp3) is 0.500. The van der Waals surface area contributed by atoms with Gasteiger partial charge in [0.05, 0.1) is 17.8 Å². The summed E-state index contributed by atoms with van der Waals surface area (Å²) < 4.78 is 55.6. The molecule has 0 aliphatic heterocycles. The monoisotopic (exact) mass is 250 g/mol. The third-order valence-electron chi connectivity index (χ3n) is 2.01. The second-order valence-electron chi connectivity index (χ2n) is 4.71. The SMILES string of the molecule is CC(C)(C)OCc1ccc(F)c(C(F)(F)F)c1. The quantitative estimate of drug-likeness (QED) is 0.716. The lowest BCUT2D eigenvalue weighted by Gasteiger charge is -2.20. The summed E-state index contributed by atoms with van der Waals surface area (Å²) in [7, 11) is 0. The molecular formula is C12H14F4O. The van der Waals surface area contributed by atoms with E-state index in [4.69, 9.17) is 4.74 Å². The average Bonchev–Trinajstić information content (AvgIpc) is 2.13. The first-order chi connectivity index (χ1) is 7.59. The lowest BCUT2D eigenvalue weighted by Crippen LogP contribution is -2.19. The van der Waals surface area contributed by atoms with Crippen LogP contribution in [0.1, 0.15) is 31.9 Å². The van der Waals surface area contributed by atoms with E-state index in [-0.39, 0.29) is 6.61 Å². The van der Waals surface area contributed by atoms with Crippen LogP contribution in [0, 0.1) is 5.82 Å². The normalized spacial score (nSPS) is 12.9. The molecule has 0 saturated carbocycles. The fourth-order valence-corrected chi connectivity index (χ4v) is 1.18. The molecule has 17 heavy (non-hydrogen) atoms. The van der Waals surface area contributed by atoms with Gasteiger partial charge in [-0.1, -0.05) is 6.07 Å². The van der Waals surface area contributed by atoms with Gasteiger partial charge in [0.1, 0.15) is 5.82 Å². The van der Waals surface area contributed by atoms with Gasteiger partial charge in [-0.2, -0.15) is 13.2 Å². The number of hydrogen-bond acceptors (Lipinski definition) is 1. The second-order valence-corrected chi connectivity index (χ2v) is 4.71. The van der Waals surface area contributed by atoms with Crippen LogP contribution >= 0.6 is 0 Å². The molecule has 1 rings (SSSR count). The molecule has 0 radical (unpaired) electrons. The molecule has 0 heterocycles. The van der Waals surface area contributed by atoms with Crippen molar-refractivity contribution in [1.82, 2.24) is 0 Å². The zero-order chi connectivity index (χ0) is 13.3. The van der Waals surface area contributed by atoms with Crippen LogP contribution < -0.4 is 0 Å². The Hall–Kier alpha value is -1.10. The maximum absolute atomic E-state index is 13.0. The van der Waals surface area contributed by atoms with Gasteiger partial charge >= 0.3 is 6.18 Å². The molecule has 0 spiro atoms. The molecule has 1 aromatic carbocycles. The number of alkyl halides is 3. The van der Waals surface area contributed by atoms with E-state index in [9.17, 15) is 17.6 Å². The number of hydrogen-bond donors (Lipinski definition) is 0. The molecule has 0 atom stereocenters. The molecule has 0 unspecified atom stereocenters. The Kier molecular flexibility index (Phi) is 3.81. The molecule has 96 valence electrons. The summed E-state index contributed by atoms with van der Waals surface area (Å²) in [6.45, 7) is 5.40. The first-order valence-electron chi connectivity index (χ1n) is 5.09. The molecule has 1 aromatic rings. The van der Waals surface area contributed by atoms with Crippen molar-refractivity contribution in [3.05, 3.63) is 35.1 Å². The Bertz CT molecular complexity index is 390. The molecule has 0 N–H and O–H groups in total. The van der Waals surface area contributed by atoms with Crippen LogP contribution in [0.2, 0.25) is 0 Å². The molecule has 5 heteroatoms. The molecular weight excluding hydrogens is 236 g/mol. The summed E-state index contributed by atoms with van der Waals surface area (Å²) in [5.74, 6) is -1.27. The molecule has 0 bridgehead atoms. The van der Waals surface area contributed by atoms with Gasteiger partial charge in [0.25, 0.3) is 0 Å². The molecule has 0 amide bonds. The molecule has 0 aliphatic carbocycles. The zero-order valence-corrected chi connectivity index (χ0v) is 9.86. The van der Waals surface area contributed by atoms with Crippen molar-refractivity contribution in [2.75, 3.05) is 0 Å². The minimum Gasteiger partial charge on any atom is -0.371 e. The van der Waals surface area contributed by atoms with Crippen LogP contribution in [0.3, 0.4) is 0 Å². The van der Waals surface area contributed by atoms with E-state index >= 15 is 0 Å². The van der Waals surface area contributed by atoms with E-state index in [0.717, 1.165) is 12.1 Å². The van der Waals surface area contributed by atoms with Crippen molar-refractivity contribution < 1.29 is 22.3 Å². The predicted molar refractivity (Wildman–Crippen MR) is 55.9 cm³/mol. The third kappa shape index (κ3) is 4.34. The van der Waals surface area contributed by atoms with E-state index in [2.05, 4.69) is 0 Å². The number of benzene rings is 1. The maximum atomic E-state index is 13.0. The van der Waals surface area contributed by atoms with E-state index in [0.29, 0.717) is 5.56 Å². The van der Waals surface area contributed by atoms with Crippen molar-refractivity contribution in [3.8, 4) is 0 Å². The van der Waals surface area contributed by atoms with Gasteiger partial charge in [-0.05, 0) is 38.5 Å². The number of ether oxygens (including phenoxy) is 1. The van der Waals surface area contributed by atoms with Gasteiger partial charge in [-0.25, -0.2) is 4.39 Å². The standard InChI is InChI=1S/C12H14F4O/c1-11(2,3)17-7-8-4-5-10(13)9(6-8)12(14,15)16/h4-6H,7H2,1-3H3. The van der Waals surface area contributed by atoms with E-state index in [1.54, 1.807) is 20.8 Å². The van der Waals surface area contributed by atoms with Crippen molar-refractivity contribution in [3.63, 3.8) is 0 Å². The van der Waals surface area contributed by atoms with E-state index < -0.39 is 23.2 Å². The van der Waals surface area contributed by atoms with Gasteiger partial charge < -0.3 is 4.74 Å². The topological polar surface area (TPSA) is 9.23 Å². The minimum atomic E-state index is -4.68. The van der Waals surface area contributed by atoms with Crippen molar-refractivity contribution in [1.29, 1.82) is 0 Å². The lowest BCUT2D eigenvalue weighted by atomic mass is 10.1. The summed E-state index contributed by atoms with van der Waals surface area (Å²) >= 11 is 0. The molecule has 0 saturated heterocycles. The summed E-state index contributed by atoms with van der Waals surface area (Å²) in [6.07, 6.45) is -4.68. The van der Waals surface area contributed by atoms with Crippen LogP contribution in [0.5, 0.6) is 0 Å². The molecule has 0 aliphatic rings. The van der Waals surface area contributed by atoms with Crippen molar-refractivity contribution >= 4 is 0 Å². The lowest BCUT2D eigenvalue weighted by molar-refractivity contribution is -0.140. The van der Waals surface area contributed by atoms with Gasteiger partial charge in [0.15, 0.2) is 0 Å². The van der Waals surface area contributed by atoms with Gasteiger partial charge in [-0.15, -0.1) is 0 Å². The van der Waals surface area contributed by atoms with Crippen LogP contribution in [0.15, 0.2) is 18.2 Å². The molecule has 0 fully saturated rings. The molecule has 1 nitrogen and oxygen atoms in total. The maximum Gasteiger partial charge on any atom is 0.419 e. The Morgan fingerprint density at radius 2 is 1.71 bits per heavy atom. The van der Waals surface area contributed by atoms with Gasteiger partial charge in [0, 0.05) is 0 Å². The van der Waals surface area contributed by atoms with E-state index in [1.165, 1.54) is 6.07 Å². The van der Waals surface area contributed by atoms with Crippen LogP contribution in [0.25, 0.3) is 0 Å². The highest BCUT2D eigenvalue weighted by Crippen LogP contribution is 2.32. The number of halogens is 4. The highest BCUT2D eigenvalue weighted by Gasteiger charge is 2.34. The Morgan fingerprint density at radius 3 is 2.18 bits per heavy atom. The Balaban J connectivity index is 2.90. The zero-order valence-electron chi connectivity index (χ0n) is 9.86. The summed E-state index contributed by atoms with van der Waals surface area (Å²) in [5.41, 5.74) is -1.41. The van der Waals surface area contributed by atoms with Crippen LogP contribution in [-0.2, 0) is 17.5 Å². The molecule has 0 aromatic heterocycles. The highest BCUT2D eigenvalue weighted by molar-refractivity contribution is 5.26. The van der Waals surface area contributed by atoms with Crippen molar-refractivity contribution in [2.24, 2.45) is 0 Å². The van der Waals surface area contributed by atoms with Gasteiger partial charge in [-0.3, -0.25) is 0 Å². The summed E-state index contributed by atoms with van der Waals surface area (Å²) in [5, 5.41) is 0. The highest BCUT2D eigenvalue weighted by atomic mass is 19.4. The van der Waals surface area contributed by atoms with Crippen molar-refractivity contribution in [2.45, 2.75) is 39.2 Å². The Morgan fingerprint density at radius 1 is 1.12 bits per heavy atom. The summed E-state index contributed by atoms with van der Waals surface area (Å²) in [6, 6.07) is 2.88. The first-order valence-corrected chi connectivity index (χ1v) is 5.09. The van der Waals surface area contributed by atoms with Gasteiger partial charge in [0.2, 0.25) is 0 Å².